The Bertz CT molecular complexity index is 205. The van der Waals surface area contributed by atoms with Gasteiger partial charge in [0.15, 0.2) is 0 Å². The summed E-state index contributed by atoms with van der Waals surface area (Å²) < 4.78 is 6.00. The molecule has 0 aliphatic heterocycles. The third kappa shape index (κ3) is 2.69. The fraction of sp³-hybridized carbons (Fsp3) is 0.333. The van der Waals surface area contributed by atoms with Crippen molar-refractivity contribution in [3.63, 3.8) is 0 Å². The summed E-state index contributed by atoms with van der Waals surface area (Å²) in [5.74, 6) is 0.955. The predicted molar refractivity (Wildman–Crippen MR) is 55.3 cm³/mol. The predicted octanol–water partition coefficient (Wildman–Crippen LogP) is 3.02. The summed E-state index contributed by atoms with van der Waals surface area (Å²) in [6, 6.07) is 8.22. The zero-order valence-corrected chi connectivity index (χ0v) is 8.67. The van der Waals surface area contributed by atoms with E-state index in [1.807, 2.05) is 12.1 Å². The highest BCUT2D eigenvalue weighted by Gasteiger charge is 1.91. The molecule has 0 bridgehead atoms. The zero-order chi connectivity index (χ0) is 8.10. The van der Waals surface area contributed by atoms with E-state index in [1.165, 1.54) is 5.56 Å². The van der Waals surface area contributed by atoms with Gasteiger partial charge in [-0.3, -0.25) is 0 Å². The third-order valence-corrected chi connectivity index (χ3v) is 1.86. The molecule has 0 unspecified atom stereocenters. The van der Waals surface area contributed by atoms with Crippen LogP contribution in [0.5, 0.6) is 5.75 Å². The highest BCUT2D eigenvalue weighted by molar-refractivity contribution is 14.1. The Morgan fingerprint density at radius 3 is 2.36 bits per heavy atom. The van der Waals surface area contributed by atoms with Crippen LogP contribution in [0, 0.1) is 0 Å². The maximum absolute atomic E-state index is 5.29. The molecular formula is C9H11IO. The fourth-order valence-corrected chi connectivity index (χ4v) is 1.24. The van der Waals surface area contributed by atoms with Gasteiger partial charge in [0.25, 0.3) is 0 Å². The van der Waals surface area contributed by atoms with E-state index in [1.54, 1.807) is 0 Å². The van der Waals surface area contributed by atoms with Crippen LogP contribution in [0.1, 0.15) is 12.5 Å². The van der Waals surface area contributed by atoms with Gasteiger partial charge in [-0.1, -0.05) is 19.1 Å². The minimum absolute atomic E-state index is 0.712. The number of ether oxygens (including phenoxy) is 1. The quantitative estimate of drug-likeness (QED) is 0.601. The van der Waals surface area contributed by atoms with E-state index in [9.17, 15) is 0 Å². The highest BCUT2D eigenvalue weighted by Crippen LogP contribution is 2.12. The molecule has 0 amide bonds. The molecule has 0 N–H and O–H groups in total. The summed E-state index contributed by atoms with van der Waals surface area (Å²) in [5.41, 5.74) is 1.35. The maximum Gasteiger partial charge on any atom is 0.139 e. The lowest BCUT2D eigenvalue weighted by atomic mass is 10.2. The summed E-state index contributed by atoms with van der Waals surface area (Å²) in [6.45, 7) is 2.15. The van der Waals surface area contributed by atoms with Gasteiger partial charge in [0, 0.05) is 0 Å². The lowest BCUT2D eigenvalue weighted by Crippen LogP contribution is -1.88. The van der Waals surface area contributed by atoms with Crippen LogP contribution in [-0.4, -0.2) is 4.61 Å². The van der Waals surface area contributed by atoms with Gasteiger partial charge in [-0.25, -0.2) is 0 Å². The Morgan fingerprint density at radius 2 is 1.91 bits per heavy atom. The number of aryl methyl sites for hydroxylation is 1. The van der Waals surface area contributed by atoms with E-state index in [4.69, 9.17) is 4.74 Å². The first-order chi connectivity index (χ1) is 5.36. The molecule has 0 heterocycles. The zero-order valence-electron chi connectivity index (χ0n) is 6.51. The molecule has 0 fully saturated rings. The van der Waals surface area contributed by atoms with Crippen LogP contribution in [0.3, 0.4) is 0 Å². The molecule has 0 saturated heterocycles. The summed E-state index contributed by atoms with van der Waals surface area (Å²) in [7, 11) is 0. The first-order valence-corrected chi connectivity index (χ1v) is 5.17. The van der Waals surface area contributed by atoms with Crippen LogP contribution in [-0.2, 0) is 6.42 Å². The second-order valence-electron chi connectivity index (χ2n) is 2.25. The minimum Gasteiger partial charge on any atom is -0.483 e. The second kappa shape index (κ2) is 4.59. The van der Waals surface area contributed by atoms with Crippen molar-refractivity contribution in [2.75, 3.05) is 4.61 Å². The molecule has 2 heteroatoms. The average molecular weight is 262 g/mol. The van der Waals surface area contributed by atoms with Crippen molar-refractivity contribution in [1.29, 1.82) is 0 Å². The van der Waals surface area contributed by atoms with E-state index >= 15 is 0 Å². The molecule has 11 heavy (non-hydrogen) atoms. The minimum atomic E-state index is 0.712. The molecule has 0 aliphatic rings. The molecule has 0 saturated carbocycles. The molecule has 1 nitrogen and oxygen atoms in total. The Kier molecular flexibility index (Phi) is 3.69. The van der Waals surface area contributed by atoms with Gasteiger partial charge in [-0.15, -0.1) is 0 Å². The largest absolute Gasteiger partial charge is 0.483 e. The maximum atomic E-state index is 5.29. The fourth-order valence-electron chi connectivity index (χ4n) is 0.884. The van der Waals surface area contributed by atoms with Gasteiger partial charge < -0.3 is 4.74 Å². The van der Waals surface area contributed by atoms with Crippen molar-refractivity contribution in [3.8, 4) is 5.75 Å². The van der Waals surface area contributed by atoms with E-state index in [2.05, 4.69) is 41.6 Å². The van der Waals surface area contributed by atoms with E-state index in [0.717, 1.165) is 12.2 Å². The number of hydrogen-bond donors (Lipinski definition) is 0. The monoisotopic (exact) mass is 262 g/mol. The molecule has 60 valence electrons. The first-order valence-electron chi connectivity index (χ1n) is 3.64. The van der Waals surface area contributed by atoms with Gasteiger partial charge in [0.1, 0.15) is 10.4 Å². The van der Waals surface area contributed by atoms with Crippen molar-refractivity contribution in [2.45, 2.75) is 13.3 Å². The van der Waals surface area contributed by atoms with E-state index in [-0.39, 0.29) is 0 Å². The molecule has 1 rings (SSSR count). The smallest absolute Gasteiger partial charge is 0.139 e. The lowest BCUT2D eigenvalue weighted by molar-refractivity contribution is 0.404. The lowest BCUT2D eigenvalue weighted by Gasteiger charge is -2.01. The SMILES string of the molecule is CCc1ccc(OCI)cc1. The summed E-state index contributed by atoms with van der Waals surface area (Å²) >= 11 is 2.19. The molecule has 0 atom stereocenters. The van der Waals surface area contributed by atoms with Crippen molar-refractivity contribution < 1.29 is 4.74 Å². The third-order valence-electron chi connectivity index (χ3n) is 1.55. The van der Waals surface area contributed by atoms with Gasteiger partial charge in [-0.05, 0) is 46.7 Å². The number of halogens is 1. The van der Waals surface area contributed by atoms with Crippen molar-refractivity contribution in [3.05, 3.63) is 29.8 Å². The number of rotatable bonds is 3. The molecule has 1 aromatic rings. The average Bonchev–Trinajstić information content (AvgIpc) is 2.07. The molecule has 0 spiro atoms. The Morgan fingerprint density at radius 1 is 1.27 bits per heavy atom. The summed E-state index contributed by atoms with van der Waals surface area (Å²) in [6.07, 6.45) is 1.09. The van der Waals surface area contributed by atoms with Gasteiger partial charge >= 0.3 is 0 Å². The highest BCUT2D eigenvalue weighted by atomic mass is 127. The van der Waals surface area contributed by atoms with E-state index < -0.39 is 0 Å². The van der Waals surface area contributed by atoms with Crippen molar-refractivity contribution >= 4 is 22.6 Å². The van der Waals surface area contributed by atoms with Crippen LogP contribution in [0.2, 0.25) is 0 Å². The normalized spacial score (nSPS) is 9.64. The first kappa shape index (κ1) is 8.84. The number of alkyl halides is 1. The summed E-state index contributed by atoms with van der Waals surface area (Å²) in [4.78, 5) is 0. The Balaban J connectivity index is 2.66. The van der Waals surface area contributed by atoms with Crippen LogP contribution < -0.4 is 4.74 Å². The molecule has 0 radical (unpaired) electrons. The molecule has 0 aromatic heterocycles. The van der Waals surface area contributed by atoms with Crippen LogP contribution in [0.15, 0.2) is 24.3 Å². The van der Waals surface area contributed by atoms with Crippen molar-refractivity contribution in [1.82, 2.24) is 0 Å². The molecular weight excluding hydrogens is 251 g/mol. The number of hydrogen-bond acceptors (Lipinski definition) is 1. The van der Waals surface area contributed by atoms with Crippen LogP contribution in [0.4, 0.5) is 0 Å². The van der Waals surface area contributed by atoms with Crippen LogP contribution >= 0.6 is 22.6 Å². The van der Waals surface area contributed by atoms with Crippen LogP contribution in [0.25, 0.3) is 0 Å². The van der Waals surface area contributed by atoms with Gasteiger partial charge in [-0.2, -0.15) is 0 Å². The standard InChI is InChI=1S/C9H11IO/c1-2-8-3-5-9(6-4-8)11-7-10/h3-6H,2,7H2,1H3. The Labute approximate surface area is 80.9 Å². The Hall–Kier alpha value is -0.250. The van der Waals surface area contributed by atoms with E-state index in [0.29, 0.717) is 4.61 Å². The van der Waals surface area contributed by atoms with Gasteiger partial charge in [0.2, 0.25) is 0 Å². The second-order valence-corrected chi connectivity index (χ2v) is 2.87. The van der Waals surface area contributed by atoms with Crippen molar-refractivity contribution in [2.24, 2.45) is 0 Å². The number of benzene rings is 1. The summed E-state index contributed by atoms with van der Waals surface area (Å²) in [5, 5.41) is 0. The molecule has 1 aromatic carbocycles. The topological polar surface area (TPSA) is 9.23 Å². The van der Waals surface area contributed by atoms with Gasteiger partial charge in [0.05, 0.1) is 0 Å². The molecule has 0 aliphatic carbocycles.